The molecule has 4 nitrogen and oxygen atoms in total. The minimum atomic E-state index is -3.34. The Balaban J connectivity index is 2.13. The average Bonchev–Trinajstić information content (AvgIpc) is 2.79. The van der Waals surface area contributed by atoms with Crippen LogP contribution >= 0.6 is 0 Å². The second-order valence-electron chi connectivity index (χ2n) is 4.35. The molecular weight excluding hydrogens is 256 g/mol. The Hall–Kier alpha value is -1.95. The quantitative estimate of drug-likeness (QED) is 0.893. The van der Waals surface area contributed by atoms with E-state index in [4.69, 9.17) is 9.52 Å². The normalized spacial score (nSPS) is 11.8. The zero-order valence-electron chi connectivity index (χ0n) is 10.2. The van der Waals surface area contributed by atoms with Gasteiger partial charge in [0.25, 0.3) is 11.8 Å². The highest BCUT2D eigenvalue weighted by Crippen LogP contribution is 2.20. The van der Waals surface area contributed by atoms with Gasteiger partial charge in [0.1, 0.15) is 12.2 Å². The molecule has 1 amide bonds. The molecule has 0 unspecified atom stereocenters. The lowest BCUT2D eigenvalue weighted by Crippen LogP contribution is -2.38. The number of benzene rings is 1. The molecule has 0 aliphatic carbocycles. The first-order valence-corrected chi connectivity index (χ1v) is 5.68. The third kappa shape index (κ3) is 3.08. The number of alkyl halides is 2. The van der Waals surface area contributed by atoms with Crippen LogP contribution in [0.2, 0.25) is 0 Å². The predicted molar refractivity (Wildman–Crippen MR) is 65.3 cm³/mol. The van der Waals surface area contributed by atoms with E-state index in [2.05, 4.69) is 0 Å². The van der Waals surface area contributed by atoms with Crippen molar-refractivity contribution < 1.29 is 23.1 Å². The van der Waals surface area contributed by atoms with Gasteiger partial charge >= 0.3 is 0 Å². The number of aliphatic hydroxyl groups excluding tert-OH is 1. The average molecular weight is 269 g/mol. The number of rotatable bonds is 4. The second-order valence-corrected chi connectivity index (χ2v) is 4.35. The molecule has 2 rings (SSSR count). The van der Waals surface area contributed by atoms with Gasteiger partial charge in [0.2, 0.25) is 0 Å². The van der Waals surface area contributed by atoms with E-state index in [1.807, 2.05) is 24.4 Å². The zero-order chi connectivity index (χ0) is 14.0. The number of amides is 1. The lowest BCUT2D eigenvalue weighted by Gasteiger charge is -2.12. The molecule has 0 bridgehead atoms. The van der Waals surface area contributed by atoms with E-state index in [1.165, 1.54) is 6.07 Å². The van der Waals surface area contributed by atoms with E-state index in [0.29, 0.717) is 5.58 Å². The largest absolute Gasteiger partial charge is 0.451 e. The fraction of sp³-hybridized carbons (Fsp3) is 0.308. The van der Waals surface area contributed by atoms with Crippen LogP contribution in [0.3, 0.4) is 0 Å². The molecule has 0 saturated heterocycles. The molecule has 1 aromatic carbocycles. The molecule has 0 fully saturated rings. The van der Waals surface area contributed by atoms with Crippen LogP contribution in [-0.2, 0) is 0 Å². The zero-order valence-corrected chi connectivity index (χ0v) is 10.2. The van der Waals surface area contributed by atoms with Crippen molar-refractivity contribution in [3.8, 4) is 0 Å². The smallest absolute Gasteiger partial charge is 0.287 e. The van der Waals surface area contributed by atoms with E-state index in [1.54, 1.807) is 6.07 Å². The number of hydrogen-bond donors (Lipinski definition) is 2. The second kappa shape index (κ2) is 4.97. The van der Waals surface area contributed by atoms with Crippen LogP contribution in [-0.4, -0.2) is 30.1 Å². The maximum Gasteiger partial charge on any atom is 0.287 e. The molecule has 2 aromatic rings. The Morgan fingerprint density at radius 1 is 1.42 bits per heavy atom. The van der Waals surface area contributed by atoms with E-state index in [-0.39, 0.29) is 5.76 Å². The van der Waals surface area contributed by atoms with Crippen molar-refractivity contribution >= 4 is 16.9 Å². The number of aryl methyl sites for hydroxylation is 1. The molecule has 0 aliphatic rings. The first kappa shape index (κ1) is 13.5. The number of halogens is 2. The molecule has 0 radical (unpaired) electrons. The monoisotopic (exact) mass is 269 g/mol. The van der Waals surface area contributed by atoms with Crippen molar-refractivity contribution in [1.29, 1.82) is 0 Å². The SMILES string of the molecule is Cc1ccc2oc(C(=O)NCC(F)(F)CO)cc2c1. The number of carbonyl (C=O) groups excluding carboxylic acids is 1. The summed E-state index contributed by atoms with van der Waals surface area (Å²) < 4.78 is 30.8. The summed E-state index contributed by atoms with van der Waals surface area (Å²) in [7, 11) is 0. The van der Waals surface area contributed by atoms with Crippen LogP contribution in [0.25, 0.3) is 11.0 Å². The minimum absolute atomic E-state index is 0.0330. The molecule has 0 saturated carbocycles. The van der Waals surface area contributed by atoms with Gasteiger partial charge in [0, 0.05) is 5.39 Å². The van der Waals surface area contributed by atoms with Gasteiger partial charge in [-0.3, -0.25) is 4.79 Å². The molecule has 6 heteroatoms. The summed E-state index contributed by atoms with van der Waals surface area (Å²) in [6.45, 7) is -0.348. The van der Waals surface area contributed by atoms with Gasteiger partial charge in [-0.25, -0.2) is 8.78 Å². The van der Waals surface area contributed by atoms with Crippen molar-refractivity contribution in [3.05, 3.63) is 35.6 Å². The van der Waals surface area contributed by atoms with Gasteiger partial charge in [-0.1, -0.05) is 11.6 Å². The van der Waals surface area contributed by atoms with Crippen LogP contribution in [0.5, 0.6) is 0 Å². The molecular formula is C13H13F2NO3. The van der Waals surface area contributed by atoms with E-state index >= 15 is 0 Å². The third-order valence-electron chi connectivity index (χ3n) is 2.63. The highest BCUT2D eigenvalue weighted by atomic mass is 19.3. The highest BCUT2D eigenvalue weighted by Gasteiger charge is 2.28. The summed E-state index contributed by atoms with van der Waals surface area (Å²) >= 11 is 0. The number of nitrogens with one attached hydrogen (secondary N) is 1. The Bertz CT molecular complexity index is 607. The molecule has 0 aliphatic heterocycles. The number of hydrogen-bond acceptors (Lipinski definition) is 3. The van der Waals surface area contributed by atoms with Crippen molar-refractivity contribution in [2.45, 2.75) is 12.8 Å². The fourth-order valence-corrected chi connectivity index (χ4v) is 1.63. The third-order valence-corrected chi connectivity index (χ3v) is 2.63. The molecule has 0 spiro atoms. The molecule has 19 heavy (non-hydrogen) atoms. The van der Waals surface area contributed by atoms with Gasteiger partial charge in [0.15, 0.2) is 5.76 Å². The summed E-state index contributed by atoms with van der Waals surface area (Å²) in [5, 5.41) is 11.2. The summed E-state index contributed by atoms with van der Waals surface area (Å²) in [5.74, 6) is -4.10. The summed E-state index contributed by atoms with van der Waals surface area (Å²) in [6.07, 6.45) is 0. The number of carbonyl (C=O) groups is 1. The first-order chi connectivity index (χ1) is 8.91. The Labute approximate surface area is 108 Å². The molecule has 1 aromatic heterocycles. The van der Waals surface area contributed by atoms with Gasteiger partial charge in [-0.2, -0.15) is 0 Å². The van der Waals surface area contributed by atoms with Crippen LogP contribution < -0.4 is 5.32 Å². The number of furan rings is 1. The van der Waals surface area contributed by atoms with E-state index in [0.717, 1.165) is 10.9 Å². The lowest BCUT2D eigenvalue weighted by atomic mass is 10.2. The maximum atomic E-state index is 12.8. The van der Waals surface area contributed by atoms with Crippen molar-refractivity contribution in [2.75, 3.05) is 13.2 Å². The highest BCUT2D eigenvalue weighted by molar-refractivity contribution is 5.96. The summed E-state index contributed by atoms with van der Waals surface area (Å²) in [6, 6.07) is 6.86. The minimum Gasteiger partial charge on any atom is -0.451 e. The Morgan fingerprint density at radius 3 is 2.84 bits per heavy atom. The maximum absolute atomic E-state index is 12.8. The van der Waals surface area contributed by atoms with Gasteiger partial charge in [0.05, 0.1) is 6.54 Å². The van der Waals surface area contributed by atoms with Crippen molar-refractivity contribution in [1.82, 2.24) is 5.32 Å². The summed E-state index contributed by atoms with van der Waals surface area (Å²) in [5.41, 5.74) is 1.52. The number of fused-ring (bicyclic) bond motifs is 1. The predicted octanol–water partition coefficient (Wildman–Crippen LogP) is 2.10. The van der Waals surface area contributed by atoms with Gasteiger partial charge < -0.3 is 14.8 Å². The Kier molecular flexibility index (Phi) is 3.53. The molecule has 1 heterocycles. The molecule has 0 atom stereocenters. The lowest BCUT2D eigenvalue weighted by molar-refractivity contribution is -0.0463. The number of aliphatic hydroxyl groups is 1. The van der Waals surface area contributed by atoms with Gasteiger partial charge in [-0.05, 0) is 25.1 Å². The van der Waals surface area contributed by atoms with Crippen LogP contribution in [0.4, 0.5) is 8.78 Å². The van der Waals surface area contributed by atoms with Crippen LogP contribution in [0.15, 0.2) is 28.7 Å². The van der Waals surface area contributed by atoms with E-state index in [9.17, 15) is 13.6 Å². The summed E-state index contributed by atoms with van der Waals surface area (Å²) in [4.78, 5) is 11.6. The molecule has 102 valence electrons. The first-order valence-electron chi connectivity index (χ1n) is 5.68. The Morgan fingerprint density at radius 2 is 2.16 bits per heavy atom. The van der Waals surface area contributed by atoms with Crippen molar-refractivity contribution in [2.24, 2.45) is 0 Å². The van der Waals surface area contributed by atoms with Crippen LogP contribution in [0, 0.1) is 6.92 Å². The molecule has 2 N–H and O–H groups in total. The fourth-order valence-electron chi connectivity index (χ4n) is 1.63. The van der Waals surface area contributed by atoms with Crippen LogP contribution in [0.1, 0.15) is 16.1 Å². The topological polar surface area (TPSA) is 62.5 Å². The van der Waals surface area contributed by atoms with Crippen molar-refractivity contribution in [3.63, 3.8) is 0 Å². The standard InChI is InChI=1S/C13H13F2NO3/c1-8-2-3-10-9(4-8)5-11(19-10)12(18)16-6-13(14,15)7-17/h2-5,17H,6-7H2,1H3,(H,16,18). The van der Waals surface area contributed by atoms with Gasteiger partial charge in [-0.15, -0.1) is 0 Å². The van der Waals surface area contributed by atoms with E-state index < -0.39 is 25.0 Å².